The van der Waals surface area contributed by atoms with Gasteiger partial charge in [0.25, 0.3) is 11.8 Å². The molecule has 12 heteroatoms. The number of benzene rings is 1. The monoisotopic (exact) mass is 584 g/mol. The fraction of sp³-hybridized carbons (Fsp3) is 0.393. The van der Waals surface area contributed by atoms with Gasteiger partial charge in [0, 0.05) is 17.7 Å². The van der Waals surface area contributed by atoms with Gasteiger partial charge in [-0.3, -0.25) is 19.3 Å². The van der Waals surface area contributed by atoms with Crippen molar-refractivity contribution < 1.29 is 38.2 Å². The first-order valence-electron chi connectivity index (χ1n) is 12.8. The van der Waals surface area contributed by atoms with Gasteiger partial charge in [0.05, 0.1) is 31.1 Å². The van der Waals surface area contributed by atoms with E-state index in [1.54, 1.807) is 35.2 Å². The molecule has 210 valence electrons. The van der Waals surface area contributed by atoms with E-state index in [-0.39, 0.29) is 23.3 Å². The molecule has 2 bridgehead atoms. The lowest BCUT2D eigenvalue weighted by Gasteiger charge is -2.30. The van der Waals surface area contributed by atoms with Gasteiger partial charge in [-0.15, -0.1) is 0 Å². The Morgan fingerprint density at radius 1 is 1.23 bits per heavy atom. The standard InChI is InChI=1S/C28H28N2O8S2/c1-36-22-7-5-16(11-18(22)25(32)29-19(27(34)35)13-24(31)37-2)21-8-6-17(38-21)12-23-26(33)30(28(39)40-23)20-10-14-3-4-15(20)9-14/h5-8,11-12,14-15,19-20H,3-4,9-10,13H2,1-2H3,(H,29,32)(H,34,35)/t14?,15?,19-,20?/m0/s1. The number of furan rings is 1. The van der Waals surface area contributed by atoms with Crippen LogP contribution in [0.5, 0.6) is 5.75 Å². The van der Waals surface area contributed by atoms with Gasteiger partial charge in [0.15, 0.2) is 0 Å². The van der Waals surface area contributed by atoms with Crippen molar-refractivity contribution in [2.75, 3.05) is 14.2 Å². The Morgan fingerprint density at radius 2 is 2.02 bits per heavy atom. The van der Waals surface area contributed by atoms with Crippen LogP contribution in [0.2, 0.25) is 0 Å². The maximum absolute atomic E-state index is 13.3. The largest absolute Gasteiger partial charge is 0.496 e. The zero-order valence-electron chi connectivity index (χ0n) is 21.9. The van der Waals surface area contributed by atoms with E-state index >= 15 is 0 Å². The average molecular weight is 585 g/mol. The van der Waals surface area contributed by atoms with Crippen molar-refractivity contribution in [1.82, 2.24) is 10.2 Å². The number of hydrogen-bond donors (Lipinski definition) is 2. The van der Waals surface area contributed by atoms with Gasteiger partial charge in [-0.25, -0.2) is 4.79 Å². The first-order valence-corrected chi connectivity index (χ1v) is 14.1. The Labute approximate surface area is 240 Å². The molecule has 3 aliphatic rings. The summed E-state index contributed by atoms with van der Waals surface area (Å²) in [5.74, 6) is -0.686. The Bertz CT molecular complexity index is 1420. The van der Waals surface area contributed by atoms with Crippen LogP contribution in [0, 0.1) is 11.8 Å². The molecule has 4 atom stereocenters. The number of nitrogens with zero attached hydrogens (tertiary/aromatic N) is 1. The van der Waals surface area contributed by atoms with Crippen molar-refractivity contribution in [1.29, 1.82) is 0 Å². The van der Waals surface area contributed by atoms with Gasteiger partial charge < -0.3 is 24.3 Å². The Morgan fingerprint density at radius 3 is 2.67 bits per heavy atom. The van der Waals surface area contributed by atoms with Gasteiger partial charge >= 0.3 is 11.9 Å². The number of nitrogens with one attached hydrogen (secondary N) is 1. The maximum atomic E-state index is 13.3. The fourth-order valence-corrected chi connectivity index (χ4v) is 7.09. The number of ether oxygens (including phenoxy) is 2. The molecule has 3 fully saturated rings. The highest BCUT2D eigenvalue weighted by Crippen LogP contribution is 2.49. The number of rotatable bonds is 9. The van der Waals surface area contributed by atoms with Crippen molar-refractivity contribution in [3.05, 3.63) is 46.6 Å². The Kier molecular flexibility index (Phi) is 7.99. The van der Waals surface area contributed by atoms with Crippen molar-refractivity contribution in [2.24, 2.45) is 11.8 Å². The SMILES string of the molecule is COC(=O)C[C@H](NC(=O)c1cc(-c2ccc(C=C3SC(=S)N(C4CC5CCC4C5)C3=O)o2)ccc1OC)C(=O)O. The van der Waals surface area contributed by atoms with Crippen molar-refractivity contribution in [3.63, 3.8) is 0 Å². The highest BCUT2D eigenvalue weighted by Gasteiger charge is 2.48. The minimum Gasteiger partial charge on any atom is -0.496 e. The molecule has 5 rings (SSSR count). The topological polar surface area (TPSA) is 135 Å². The molecule has 2 aromatic rings. The lowest BCUT2D eigenvalue weighted by molar-refractivity contribution is -0.147. The van der Waals surface area contributed by atoms with Gasteiger partial charge in [0.2, 0.25) is 0 Å². The number of fused-ring (bicyclic) bond motifs is 2. The number of carboxylic acids is 1. The summed E-state index contributed by atoms with van der Waals surface area (Å²) in [4.78, 5) is 51.7. The predicted molar refractivity (Wildman–Crippen MR) is 150 cm³/mol. The van der Waals surface area contributed by atoms with Crippen LogP contribution in [0.25, 0.3) is 17.4 Å². The molecular weight excluding hydrogens is 556 g/mol. The number of thiocarbonyl (C=S) groups is 1. The molecule has 2 aliphatic carbocycles. The summed E-state index contributed by atoms with van der Waals surface area (Å²) >= 11 is 6.85. The zero-order chi connectivity index (χ0) is 28.6. The highest BCUT2D eigenvalue weighted by atomic mass is 32.2. The first-order chi connectivity index (χ1) is 19.2. The van der Waals surface area contributed by atoms with Gasteiger partial charge in [0.1, 0.15) is 27.6 Å². The lowest BCUT2D eigenvalue weighted by Crippen LogP contribution is -2.42. The molecule has 2 amide bonds. The molecule has 2 saturated carbocycles. The second-order valence-corrected chi connectivity index (χ2v) is 11.7. The molecule has 1 aromatic carbocycles. The fourth-order valence-electron chi connectivity index (χ4n) is 5.73. The van der Waals surface area contributed by atoms with Crippen molar-refractivity contribution >= 4 is 58.1 Å². The minimum atomic E-state index is -1.48. The number of amides is 2. The number of carbonyl (C=O) groups is 4. The number of thioether (sulfide) groups is 1. The van der Waals surface area contributed by atoms with E-state index in [1.165, 1.54) is 37.8 Å². The molecule has 3 unspecified atom stereocenters. The van der Waals surface area contributed by atoms with E-state index in [0.717, 1.165) is 20.0 Å². The predicted octanol–water partition coefficient (Wildman–Crippen LogP) is 4.09. The normalized spacial score (nSPS) is 23.5. The molecule has 1 aliphatic heterocycles. The molecule has 0 radical (unpaired) electrons. The third-order valence-corrected chi connectivity index (χ3v) is 9.02. The summed E-state index contributed by atoms with van der Waals surface area (Å²) in [5, 5.41) is 11.8. The summed E-state index contributed by atoms with van der Waals surface area (Å²) in [6.45, 7) is 0. The number of hydrogen-bond acceptors (Lipinski definition) is 9. The smallest absolute Gasteiger partial charge is 0.326 e. The number of esters is 1. The molecular formula is C28H28N2O8S2. The lowest BCUT2D eigenvalue weighted by atomic mass is 9.94. The summed E-state index contributed by atoms with van der Waals surface area (Å²) in [7, 11) is 2.51. The van der Waals surface area contributed by atoms with Crippen LogP contribution in [-0.2, 0) is 19.1 Å². The van der Waals surface area contributed by atoms with E-state index in [0.29, 0.717) is 38.1 Å². The van der Waals surface area contributed by atoms with Crippen molar-refractivity contribution in [2.45, 2.75) is 44.2 Å². The molecule has 40 heavy (non-hydrogen) atoms. The van der Waals surface area contributed by atoms with Crippen LogP contribution in [0.15, 0.2) is 39.7 Å². The molecule has 1 aromatic heterocycles. The third kappa shape index (κ3) is 5.50. The van der Waals surface area contributed by atoms with Gasteiger partial charge in [-0.1, -0.05) is 30.4 Å². The van der Waals surface area contributed by atoms with E-state index in [9.17, 15) is 24.3 Å². The summed E-state index contributed by atoms with van der Waals surface area (Å²) < 4.78 is 16.4. The first kappa shape index (κ1) is 27.9. The van der Waals surface area contributed by atoms with E-state index < -0.39 is 30.3 Å². The van der Waals surface area contributed by atoms with E-state index in [4.69, 9.17) is 21.4 Å². The van der Waals surface area contributed by atoms with Crippen LogP contribution >= 0.6 is 24.0 Å². The third-order valence-electron chi connectivity index (χ3n) is 7.69. The van der Waals surface area contributed by atoms with Crippen LogP contribution in [0.4, 0.5) is 0 Å². The van der Waals surface area contributed by atoms with E-state index in [2.05, 4.69) is 10.1 Å². The Hall–Kier alpha value is -3.64. The van der Waals surface area contributed by atoms with Gasteiger partial charge in [-0.05, 0) is 61.4 Å². The molecule has 0 spiro atoms. The number of methoxy groups -OCH3 is 2. The molecule has 2 heterocycles. The molecule has 10 nitrogen and oxygen atoms in total. The van der Waals surface area contributed by atoms with Crippen molar-refractivity contribution in [3.8, 4) is 17.1 Å². The maximum Gasteiger partial charge on any atom is 0.326 e. The van der Waals surface area contributed by atoms with Crippen LogP contribution in [-0.4, -0.2) is 64.4 Å². The Balaban J connectivity index is 1.34. The number of aliphatic carboxylic acids is 1. The average Bonchev–Trinajstić information content (AvgIpc) is 3.73. The second-order valence-electron chi connectivity index (χ2n) is 10.1. The van der Waals surface area contributed by atoms with Crippen LogP contribution < -0.4 is 10.1 Å². The summed E-state index contributed by atoms with van der Waals surface area (Å²) in [6.07, 6.45) is 5.72. The molecule has 1 saturated heterocycles. The minimum absolute atomic E-state index is 0.0563. The number of carboxylic acid groups (broad SMARTS) is 1. The number of carbonyl (C=O) groups excluding carboxylic acids is 3. The van der Waals surface area contributed by atoms with Crippen LogP contribution in [0.1, 0.15) is 48.2 Å². The zero-order valence-corrected chi connectivity index (χ0v) is 23.5. The quantitative estimate of drug-likeness (QED) is 0.252. The highest BCUT2D eigenvalue weighted by molar-refractivity contribution is 8.26. The molecule has 2 N–H and O–H groups in total. The van der Waals surface area contributed by atoms with Crippen LogP contribution in [0.3, 0.4) is 0 Å². The summed E-state index contributed by atoms with van der Waals surface area (Å²) in [6, 6.07) is 6.88. The second kappa shape index (κ2) is 11.5. The summed E-state index contributed by atoms with van der Waals surface area (Å²) in [5.41, 5.74) is 0.584. The van der Waals surface area contributed by atoms with E-state index in [1.807, 2.05) is 0 Å². The van der Waals surface area contributed by atoms with Gasteiger partial charge in [-0.2, -0.15) is 0 Å².